The molecule has 0 saturated heterocycles. The summed E-state index contributed by atoms with van der Waals surface area (Å²) < 4.78 is 12.1. The first-order chi connectivity index (χ1) is 47.8. The molecule has 10 aromatic rings. The van der Waals surface area contributed by atoms with Gasteiger partial charge in [0.15, 0.2) is 11.8 Å². The Morgan fingerprint density at radius 3 is 0.626 bits per heavy atom. The van der Waals surface area contributed by atoms with Gasteiger partial charge in [-0.25, -0.2) is 9.98 Å². The molecule has 2 atom stereocenters. The molecule has 10 radical (unpaired) electrons. The van der Waals surface area contributed by atoms with Gasteiger partial charge in [0.25, 0.3) is 0 Å². The van der Waals surface area contributed by atoms with Gasteiger partial charge in [0.1, 0.15) is 13.2 Å². The number of aliphatic imine (C=N–C) groups is 2. The van der Waals surface area contributed by atoms with Crippen molar-refractivity contribution in [3.05, 3.63) is 365 Å². The van der Waals surface area contributed by atoms with E-state index in [-0.39, 0.29) is 72.7 Å². The molecule has 2 heterocycles. The van der Waals surface area contributed by atoms with Crippen LogP contribution in [0.5, 0.6) is 0 Å². The predicted octanol–water partition coefficient (Wildman–Crippen LogP) is 19.0. The van der Waals surface area contributed by atoms with Gasteiger partial charge in [-0.15, -0.1) is 0 Å². The van der Waals surface area contributed by atoms with E-state index in [0.29, 0.717) is 13.2 Å². The molecule has 0 spiro atoms. The zero-order valence-electron chi connectivity index (χ0n) is 56.0. The third-order valence-electron chi connectivity index (χ3n) is 16.0. The maximum Gasteiger partial charge on any atom is 2.00 e. The van der Waals surface area contributed by atoms with Gasteiger partial charge in [-0.05, 0) is 134 Å². The van der Waals surface area contributed by atoms with Gasteiger partial charge in [-0.3, -0.25) is 0 Å². The van der Waals surface area contributed by atoms with Crippen molar-refractivity contribution in [3.8, 4) is 0 Å². The number of rotatable bonds is 14. The Morgan fingerprint density at radius 2 is 0.465 bits per heavy atom. The van der Waals surface area contributed by atoms with Gasteiger partial charge in [-0.2, -0.15) is 0 Å². The second-order valence-corrected chi connectivity index (χ2v) is 38.8. The van der Waals surface area contributed by atoms with Crippen LogP contribution in [0.15, 0.2) is 313 Å². The van der Waals surface area contributed by atoms with Crippen LogP contribution in [0.25, 0.3) is 0 Å². The quantitative estimate of drug-likeness (QED) is 0.0804. The minimum Gasteiger partial charge on any atom is -0.0622 e. The van der Waals surface area contributed by atoms with Crippen molar-refractivity contribution in [2.24, 2.45) is 20.8 Å². The molecule has 0 amide bonds. The van der Waals surface area contributed by atoms with Crippen LogP contribution in [0.1, 0.15) is 41.5 Å². The molecule has 2 aliphatic carbocycles. The van der Waals surface area contributed by atoms with Crippen molar-refractivity contribution in [1.82, 2.24) is 0 Å². The Hall–Kier alpha value is -4.11. The van der Waals surface area contributed by atoms with Crippen molar-refractivity contribution in [3.63, 3.8) is 0 Å². The molecule has 99 heavy (non-hydrogen) atoms. The van der Waals surface area contributed by atoms with E-state index in [2.05, 4.69) is 383 Å². The van der Waals surface area contributed by atoms with Crippen LogP contribution in [0.3, 0.4) is 0 Å². The van der Waals surface area contributed by atoms with Crippen LogP contribution in [-0.2, 0) is 59.2 Å². The molecule has 4 nitrogen and oxygen atoms in total. The zero-order chi connectivity index (χ0) is 69.0. The Balaban J connectivity index is 0.000000165. The number of hydrogen-bond acceptors (Lipinski definition) is 4. The summed E-state index contributed by atoms with van der Waals surface area (Å²) in [7, 11) is 17.2. The molecular formula is C84H80Cl4N2O2P4Ru3+2. The van der Waals surface area contributed by atoms with Crippen LogP contribution < -0.4 is 53.0 Å². The zero-order valence-corrected chi connectivity index (χ0v) is 67.8. The summed E-state index contributed by atoms with van der Waals surface area (Å²) in [4.78, 5) is 9.87. The third kappa shape index (κ3) is 24.0. The molecule has 0 bridgehead atoms. The van der Waals surface area contributed by atoms with E-state index >= 15 is 0 Å². The minimum absolute atomic E-state index is 0. The van der Waals surface area contributed by atoms with Crippen molar-refractivity contribution in [1.29, 1.82) is 0 Å². The summed E-state index contributed by atoms with van der Waals surface area (Å²) in [5, 5.41) is 13.8. The van der Waals surface area contributed by atoms with Crippen molar-refractivity contribution < 1.29 is 59.2 Å². The monoisotopic (exact) mass is 1720 g/mol. The van der Waals surface area contributed by atoms with Gasteiger partial charge < -0.3 is 9.47 Å². The maximum absolute atomic E-state index is 6.06. The summed E-state index contributed by atoms with van der Waals surface area (Å²) in [6, 6.07) is 108. The van der Waals surface area contributed by atoms with Crippen LogP contribution >= 0.6 is 70.5 Å². The Kier molecular flexibility index (Phi) is 34.7. The van der Waals surface area contributed by atoms with Gasteiger partial charge >= 0.3 is 88.5 Å². The van der Waals surface area contributed by atoms with E-state index in [4.69, 9.17) is 58.2 Å². The summed E-state index contributed by atoms with van der Waals surface area (Å²) in [5.74, 6) is 3.88. The van der Waals surface area contributed by atoms with E-state index in [1.54, 1.807) is 0 Å². The molecule has 0 unspecified atom stereocenters. The molecule has 4 aliphatic rings. The first kappa shape index (κ1) is 80.6. The fraction of sp³-hybridized carbons (Fsp3) is 0.143. The molecule has 508 valence electrons. The number of ether oxygens (including phenoxy) is 2. The number of nitrogens with zero attached hydrogens (tertiary/aromatic N) is 2. The second kappa shape index (κ2) is 42.6. The van der Waals surface area contributed by atoms with Crippen LogP contribution in [0.2, 0.25) is 0 Å². The van der Waals surface area contributed by atoms with E-state index in [9.17, 15) is 0 Å². The summed E-state index contributed by atoms with van der Waals surface area (Å²) in [5.41, 5.74) is 2.85. The largest absolute Gasteiger partial charge is 2.00 e. The smallest absolute Gasteiger partial charge is 0.0622 e. The summed E-state index contributed by atoms with van der Waals surface area (Å²) in [6.45, 7) is 14.7. The van der Waals surface area contributed by atoms with Crippen molar-refractivity contribution in [2.45, 2.75) is 53.6 Å². The van der Waals surface area contributed by atoms with E-state index in [1.165, 1.54) is 64.4 Å². The standard InChI is InChI=1S/2C24H25NOP.2C18H15P.4ClH.3Ru/c2*1-24(2,3)22-17-26-23(25-22)20-15-10-16-21(20)27(18-11-6-4-7-12-18)19-13-8-5-9-14-19;2*1-4-10-16(11-5-1)19(17-12-6-2-7-13-17)18-14-8-3-9-15-18;;;;;;;/h2*4-16,22H,17H2,1-3H3;2*1-15H;4*1H;;;/q;;;;;;;;3*+2/p-4/t2*22-;;;;;;;;;/m11........./s1. The number of halogens is 4. The van der Waals surface area contributed by atoms with Gasteiger partial charge in [0, 0.05) is 11.3 Å². The van der Waals surface area contributed by atoms with E-state index in [1.807, 2.05) is 0 Å². The Bertz CT molecular complexity index is 3380. The molecule has 2 fully saturated rings. The number of benzene rings is 10. The summed E-state index contributed by atoms with van der Waals surface area (Å²) in [6.07, 6.45) is 13.0. The van der Waals surface area contributed by atoms with Crippen molar-refractivity contribution in [2.75, 3.05) is 13.2 Å². The fourth-order valence-electron chi connectivity index (χ4n) is 11.0. The second-order valence-electron chi connectivity index (χ2n) is 24.7. The van der Waals surface area contributed by atoms with Crippen LogP contribution in [-0.4, -0.2) is 37.1 Å². The number of hydrogen-bond donors (Lipinski definition) is 0. The molecule has 15 heteroatoms. The van der Waals surface area contributed by atoms with E-state index < -0.39 is 31.7 Å². The van der Waals surface area contributed by atoms with Crippen LogP contribution in [0, 0.1) is 72.5 Å². The van der Waals surface area contributed by atoms with Crippen LogP contribution in [0.4, 0.5) is 0 Å². The first-order valence-corrected chi connectivity index (χ1v) is 46.5. The molecule has 10 aromatic carbocycles. The maximum atomic E-state index is 6.06. The van der Waals surface area contributed by atoms with E-state index in [0.717, 1.165) is 23.6 Å². The minimum atomic E-state index is -0.649. The Morgan fingerprint density at radius 1 is 0.293 bits per heavy atom. The van der Waals surface area contributed by atoms with Gasteiger partial charge in [0.2, 0.25) is 0 Å². The van der Waals surface area contributed by atoms with Gasteiger partial charge in [0.05, 0.1) is 23.9 Å². The molecule has 2 aliphatic heterocycles. The normalized spacial score (nSPS) is 16.2. The molecule has 0 aromatic heterocycles. The predicted molar refractivity (Wildman–Crippen MR) is 424 cm³/mol. The average molecular weight is 1720 g/mol. The molecular weight excluding hydrogens is 1640 g/mol. The molecule has 2 saturated carbocycles. The first-order valence-electron chi connectivity index (χ1n) is 32.2. The Labute approximate surface area is 640 Å². The fourth-order valence-corrected chi connectivity index (χ4v) is 20.5. The topological polar surface area (TPSA) is 43.2 Å². The van der Waals surface area contributed by atoms with Crippen molar-refractivity contribution >= 4 is 135 Å². The SMILES string of the molecule is CC(C)(C)[C@H]1COC([C]2[CH][CH][CH][C]2P(c2ccccc2)c2ccccc2)=N1.CC(C)(C)[C@H]1COC([C]2[CH][CH][CH][C]2P(c2ccccc2)c2ccccc2)=N1.[Cl][Ru][Cl].[Cl][Ru][Cl].[Ru+2].c1ccc(P(c2ccccc2)c2ccccc2)cc1.c1ccc(P(c2ccccc2)c2ccccc2)cc1. The average Bonchev–Trinajstić information content (AvgIpc) is 1.68. The molecule has 0 N–H and O–H groups in total. The summed E-state index contributed by atoms with van der Waals surface area (Å²) >= 11 is -0.691. The van der Waals surface area contributed by atoms with Gasteiger partial charge in [-0.1, -0.05) is 345 Å². The molecule has 14 rings (SSSR count). The third-order valence-corrected chi connectivity index (χ3v) is 25.9.